The van der Waals surface area contributed by atoms with Gasteiger partial charge in [-0.1, -0.05) is 36.4 Å². The van der Waals surface area contributed by atoms with Gasteiger partial charge in [-0.3, -0.25) is 0 Å². The molecule has 0 radical (unpaired) electrons. The molecule has 1 amide bonds. The van der Waals surface area contributed by atoms with E-state index in [1.807, 2.05) is 36.4 Å². The van der Waals surface area contributed by atoms with Gasteiger partial charge in [0.15, 0.2) is 0 Å². The van der Waals surface area contributed by atoms with Gasteiger partial charge in [0.25, 0.3) is 0 Å². The van der Waals surface area contributed by atoms with Gasteiger partial charge >= 0.3 is 13.2 Å². The van der Waals surface area contributed by atoms with Gasteiger partial charge in [-0.25, -0.2) is 4.79 Å². The molecule has 0 atom stereocenters. The van der Waals surface area contributed by atoms with Gasteiger partial charge in [0.2, 0.25) is 0 Å². The van der Waals surface area contributed by atoms with Crippen molar-refractivity contribution in [1.29, 1.82) is 0 Å². The Morgan fingerprint density at radius 2 is 1.44 bits per heavy atom. The van der Waals surface area contributed by atoms with Crippen LogP contribution in [0.1, 0.15) is 52.0 Å². The minimum Gasteiger partial charge on any atom is -0.497 e. The third-order valence-corrected chi connectivity index (χ3v) is 7.91. The summed E-state index contributed by atoms with van der Waals surface area (Å²) in [5.74, 6) is 1.73. The fraction of sp³-hybridized carbons (Fsp3) is 0.414. The molecule has 2 aliphatic heterocycles. The standard InChI is InChI=1S/C29H34BNO5/c1-28(2)29(3,4)36-30(35-28)24-10-6-20(7-11-24)22-14-16-31(17-15-22)27(32)34-26-13-9-21-8-12-25(33-5)18-23(21)19-26/h6-13,18-19,22H,14-17H2,1-5H3. The maximum atomic E-state index is 12.8. The molecule has 36 heavy (non-hydrogen) atoms. The van der Waals surface area contributed by atoms with Gasteiger partial charge in [-0.05, 0) is 92.5 Å². The molecule has 2 aliphatic rings. The molecule has 0 N–H and O–H groups in total. The molecule has 0 aromatic heterocycles. The van der Waals surface area contributed by atoms with Crippen molar-refractivity contribution >= 4 is 29.4 Å². The van der Waals surface area contributed by atoms with Crippen LogP contribution in [0.15, 0.2) is 60.7 Å². The van der Waals surface area contributed by atoms with Crippen LogP contribution in [0.25, 0.3) is 10.8 Å². The zero-order valence-electron chi connectivity index (χ0n) is 21.7. The smallest absolute Gasteiger partial charge is 0.494 e. The normalized spacial score (nSPS) is 19.5. The van der Waals surface area contributed by atoms with Crippen LogP contribution < -0.4 is 14.9 Å². The van der Waals surface area contributed by atoms with Crippen molar-refractivity contribution in [1.82, 2.24) is 4.90 Å². The number of methoxy groups -OCH3 is 1. The number of amides is 1. The third-order valence-electron chi connectivity index (χ3n) is 7.91. The topological polar surface area (TPSA) is 57.2 Å². The molecule has 0 saturated carbocycles. The highest BCUT2D eigenvalue weighted by Crippen LogP contribution is 2.37. The highest BCUT2D eigenvalue weighted by molar-refractivity contribution is 6.62. The highest BCUT2D eigenvalue weighted by atomic mass is 16.7. The molecule has 0 bridgehead atoms. The SMILES string of the molecule is COc1ccc2ccc(OC(=O)N3CCC(c4ccc(B5OC(C)(C)C(C)(C)O5)cc4)CC3)cc2c1. The maximum absolute atomic E-state index is 12.8. The fourth-order valence-corrected chi connectivity index (χ4v) is 4.86. The Labute approximate surface area is 213 Å². The van der Waals surface area contributed by atoms with Crippen LogP contribution in [0.4, 0.5) is 4.79 Å². The molecule has 2 heterocycles. The summed E-state index contributed by atoms with van der Waals surface area (Å²) in [6, 6.07) is 20.1. The fourth-order valence-electron chi connectivity index (χ4n) is 4.86. The summed E-state index contributed by atoms with van der Waals surface area (Å²) in [5, 5.41) is 2.04. The van der Waals surface area contributed by atoms with E-state index in [0.29, 0.717) is 24.8 Å². The zero-order valence-corrected chi connectivity index (χ0v) is 21.7. The first kappa shape index (κ1) is 24.7. The van der Waals surface area contributed by atoms with Crippen LogP contribution in [0.3, 0.4) is 0 Å². The number of ether oxygens (including phenoxy) is 2. The van der Waals surface area contributed by atoms with Crippen LogP contribution in [0.2, 0.25) is 0 Å². The first-order valence-corrected chi connectivity index (χ1v) is 12.7. The van der Waals surface area contributed by atoms with E-state index >= 15 is 0 Å². The molecule has 6 nitrogen and oxygen atoms in total. The van der Waals surface area contributed by atoms with Gasteiger partial charge in [0.1, 0.15) is 11.5 Å². The van der Waals surface area contributed by atoms with Crippen molar-refractivity contribution in [3.05, 3.63) is 66.2 Å². The van der Waals surface area contributed by atoms with Gasteiger partial charge in [-0.2, -0.15) is 0 Å². The van der Waals surface area contributed by atoms with Crippen molar-refractivity contribution in [2.75, 3.05) is 20.2 Å². The van der Waals surface area contributed by atoms with E-state index in [2.05, 4.69) is 52.0 Å². The number of rotatable bonds is 4. The van der Waals surface area contributed by atoms with Crippen molar-refractivity contribution in [2.45, 2.75) is 57.7 Å². The Bertz CT molecular complexity index is 1230. The van der Waals surface area contributed by atoms with Crippen LogP contribution in [-0.4, -0.2) is 49.5 Å². The summed E-state index contributed by atoms with van der Waals surface area (Å²) >= 11 is 0. The van der Waals surface area contributed by atoms with E-state index < -0.39 is 0 Å². The minimum atomic E-state index is -0.350. The Balaban J connectivity index is 1.17. The quantitative estimate of drug-likeness (QED) is 0.454. The van der Waals surface area contributed by atoms with Gasteiger partial charge in [0, 0.05) is 13.1 Å². The predicted octanol–water partition coefficient (Wildman–Crippen LogP) is 5.53. The number of hydrogen-bond donors (Lipinski definition) is 0. The number of benzene rings is 3. The summed E-state index contributed by atoms with van der Waals surface area (Å²) in [6.45, 7) is 9.61. The number of hydrogen-bond acceptors (Lipinski definition) is 5. The zero-order chi connectivity index (χ0) is 25.5. The summed E-state index contributed by atoms with van der Waals surface area (Å²) in [6.07, 6.45) is 1.51. The van der Waals surface area contributed by atoms with E-state index in [1.165, 1.54) is 5.56 Å². The molecule has 7 heteroatoms. The molecule has 5 rings (SSSR count). The van der Waals surface area contributed by atoms with Gasteiger partial charge in [-0.15, -0.1) is 0 Å². The Morgan fingerprint density at radius 3 is 2.06 bits per heavy atom. The molecule has 2 saturated heterocycles. The Kier molecular flexibility index (Phi) is 6.47. The lowest BCUT2D eigenvalue weighted by atomic mass is 9.77. The van der Waals surface area contributed by atoms with Crippen LogP contribution >= 0.6 is 0 Å². The molecular weight excluding hydrogens is 453 g/mol. The summed E-state index contributed by atoms with van der Waals surface area (Å²) in [7, 11) is 1.29. The number of likely N-dealkylation sites (tertiary alicyclic amines) is 1. The van der Waals surface area contributed by atoms with E-state index in [0.717, 1.165) is 34.8 Å². The van der Waals surface area contributed by atoms with Crippen molar-refractivity contribution in [2.24, 2.45) is 0 Å². The summed E-state index contributed by atoms with van der Waals surface area (Å²) in [4.78, 5) is 14.6. The Morgan fingerprint density at radius 1 is 0.861 bits per heavy atom. The molecule has 188 valence electrons. The first-order chi connectivity index (χ1) is 17.1. The van der Waals surface area contributed by atoms with E-state index in [1.54, 1.807) is 12.0 Å². The molecular formula is C29H34BNO5. The van der Waals surface area contributed by atoms with Crippen molar-refractivity contribution in [3.8, 4) is 11.5 Å². The molecule has 3 aromatic rings. The number of carbonyl (C=O) groups excluding carboxylic acids is 1. The van der Waals surface area contributed by atoms with Gasteiger partial charge < -0.3 is 23.7 Å². The van der Waals surface area contributed by atoms with Crippen molar-refractivity contribution in [3.63, 3.8) is 0 Å². The molecule has 0 aliphatic carbocycles. The first-order valence-electron chi connectivity index (χ1n) is 12.7. The minimum absolute atomic E-state index is 0.299. The third kappa shape index (κ3) is 4.82. The van der Waals surface area contributed by atoms with Crippen LogP contribution in [0.5, 0.6) is 11.5 Å². The number of nitrogens with zero attached hydrogens (tertiary/aromatic N) is 1. The molecule has 0 unspecified atom stereocenters. The summed E-state index contributed by atoms with van der Waals surface area (Å²) in [5.41, 5.74) is 1.62. The average Bonchev–Trinajstić information content (AvgIpc) is 3.10. The van der Waals surface area contributed by atoms with Crippen LogP contribution in [0, 0.1) is 0 Å². The monoisotopic (exact) mass is 487 g/mol. The largest absolute Gasteiger partial charge is 0.497 e. The second-order valence-electron chi connectivity index (χ2n) is 10.8. The number of piperidine rings is 1. The number of carbonyl (C=O) groups is 1. The van der Waals surface area contributed by atoms with E-state index in [9.17, 15) is 4.79 Å². The Hall–Kier alpha value is -3.03. The lowest BCUT2D eigenvalue weighted by Gasteiger charge is -2.32. The average molecular weight is 487 g/mol. The van der Waals surface area contributed by atoms with E-state index in [-0.39, 0.29) is 24.4 Å². The predicted molar refractivity (Wildman–Crippen MR) is 142 cm³/mol. The highest BCUT2D eigenvalue weighted by Gasteiger charge is 2.51. The maximum Gasteiger partial charge on any atom is 0.494 e. The lowest BCUT2D eigenvalue weighted by molar-refractivity contribution is 0.00578. The lowest BCUT2D eigenvalue weighted by Crippen LogP contribution is -2.41. The van der Waals surface area contributed by atoms with Gasteiger partial charge in [0.05, 0.1) is 18.3 Å². The summed E-state index contributed by atoms with van der Waals surface area (Å²) < 4.78 is 23.4. The molecule has 3 aromatic carbocycles. The van der Waals surface area contributed by atoms with E-state index in [4.69, 9.17) is 18.8 Å². The van der Waals surface area contributed by atoms with Crippen LogP contribution in [-0.2, 0) is 9.31 Å². The number of fused-ring (bicyclic) bond motifs is 1. The molecule has 0 spiro atoms. The second kappa shape index (κ2) is 9.45. The molecule has 2 fully saturated rings. The van der Waals surface area contributed by atoms with Crippen molar-refractivity contribution < 1.29 is 23.6 Å². The second-order valence-corrected chi connectivity index (χ2v) is 10.8.